The summed E-state index contributed by atoms with van der Waals surface area (Å²) < 4.78 is 36.2. The smallest absolute Gasteiger partial charge is 0.264 e. The van der Waals surface area contributed by atoms with Crippen LogP contribution in [0.4, 0.5) is 5.69 Å². The van der Waals surface area contributed by atoms with Crippen molar-refractivity contribution in [3.63, 3.8) is 0 Å². The van der Waals surface area contributed by atoms with Crippen LogP contribution in [0.5, 0.6) is 5.75 Å². The lowest BCUT2D eigenvalue weighted by Gasteiger charge is -2.34. The molecule has 0 spiro atoms. The molecule has 1 atom stereocenters. The van der Waals surface area contributed by atoms with E-state index < -0.39 is 28.5 Å². The number of aryl methyl sites for hydroxylation is 2. The summed E-state index contributed by atoms with van der Waals surface area (Å²) in [4.78, 5) is 29.9. The van der Waals surface area contributed by atoms with Gasteiger partial charge in [-0.25, -0.2) is 8.42 Å². The zero-order valence-corrected chi connectivity index (χ0v) is 29.0. The summed E-state index contributed by atoms with van der Waals surface area (Å²) >= 11 is 3.51. The zero-order valence-electron chi connectivity index (χ0n) is 26.6. The van der Waals surface area contributed by atoms with Crippen LogP contribution in [0.1, 0.15) is 35.6 Å². The van der Waals surface area contributed by atoms with Gasteiger partial charge in [-0.05, 0) is 73.4 Å². The Morgan fingerprint density at radius 2 is 1.54 bits per heavy atom. The number of carbonyl (C=O) groups is 2. The Morgan fingerprint density at radius 1 is 0.870 bits per heavy atom. The highest BCUT2D eigenvalue weighted by Crippen LogP contribution is 2.34. The second kappa shape index (κ2) is 15.9. The number of hydrogen-bond donors (Lipinski definition) is 1. The van der Waals surface area contributed by atoms with E-state index in [1.165, 1.54) is 24.1 Å². The molecule has 0 aliphatic heterocycles. The highest BCUT2D eigenvalue weighted by atomic mass is 79.9. The number of halogens is 1. The van der Waals surface area contributed by atoms with Crippen LogP contribution in [0.15, 0.2) is 106 Å². The Bertz CT molecular complexity index is 1750. The summed E-state index contributed by atoms with van der Waals surface area (Å²) in [5.41, 5.74) is 3.57. The zero-order chi connectivity index (χ0) is 33.3. The van der Waals surface area contributed by atoms with Gasteiger partial charge in [0.15, 0.2) is 0 Å². The molecule has 242 valence electrons. The number of sulfonamides is 1. The normalized spacial score (nSPS) is 11.8. The van der Waals surface area contributed by atoms with E-state index in [0.717, 1.165) is 37.5 Å². The first-order valence-corrected chi connectivity index (χ1v) is 17.4. The van der Waals surface area contributed by atoms with E-state index in [-0.39, 0.29) is 29.5 Å². The van der Waals surface area contributed by atoms with Crippen LogP contribution >= 0.6 is 15.9 Å². The van der Waals surface area contributed by atoms with Crippen molar-refractivity contribution in [2.24, 2.45) is 0 Å². The van der Waals surface area contributed by atoms with Crippen LogP contribution in [-0.2, 0) is 32.6 Å². The standard InChI is InChI=1S/C36H40BrN3O5S/c1-5-20-38-36(42)33(23-28-10-7-6-8-11-28)39(24-29-12-9-13-30(37)22-29)35(41)25-40(32-21-27(3)16-19-34(32)45-4)46(43,44)31-17-14-26(2)15-18-31/h6-19,21-22,33H,5,20,23-25H2,1-4H3,(H,38,42)/t33-/m1/s1. The first-order chi connectivity index (χ1) is 22.0. The molecule has 0 radical (unpaired) electrons. The number of carbonyl (C=O) groups excluding carboxylic acids is 2. The average Bonchev–Trinajstić information content (AvgIpc) is 3.04. The van der Waals surface area contributed by atoms with Crippen LogP contribution in [-0.4, -0.2) is 51.4 Å². The van der Waals surface area contributed by atoms with Gasteiger partial charge in [-0.2, -0.15) is 0 Å². The van der Waals surface area contributed by atoms with Gasteiger partial charge in [0.25, 0.3) is 10.0 Å². The molecule has 0 heterocycles. The lowest BCUT2D eigenvalue weighted by atomic mass is 10.0. The number of amides is 2. The largest absolute Gasteiger partial charge is 0.495 e. The molecule has 0 saturated heterocycles. The first-order valence-electron chi connectivity index (χ1n) is 15.1. The van der Waals surface area contributed by atoms with E-state index in [4.69, 9.17) is 4.74 Å². The summed E-state index contributed by atoms with van der Waals surface area (Å²) in [5, 5.41) is 2.96. The molecule has 46 heavy (non-hydrogen) atoms. The highest BCUT2D eigenvalue weighted by Gasteiger charge is 2.35. The first kappa shape index (κ1) is 34.7. The molecule has 1 N–H and O–H groups in total. The summed E-state index contributed by atoms with van der Waals surface area (Å²) in [6, 6.07) is 27.7. The molecule has 0 aliphatic carbocycles. The third-order valence-electron chi connectivity index (χ3n) is 7.55. The third-order valence-corrected chi connectivity index (χ3v) is 9.82. The summed E-state index contributed by atoms with van der Waals surface area (Å²) in [7, 11) is -2.79. The molecule has 0 aliphatic rings. The Balaban J connectivity index is 1.85. The fourth-order valence-electron chi connectivity index (χ4n) is 5.10. The lowest BCUT2D eigenvalue weighted by molar-refractivity contribution is -0.140. The molecule has 0 aromatic heterocycles. The maximum atomic E-state index is 14.6. The van der Waals surface area contributed by atoms with Gasteiger partial charge in [0.05, 0.1) is 17.7 Å². The second-order valence-corrected chi connectivity index (χ2v) is 13.9. The van der Waals surface area contributed by atoms with Crippen LogP contribution in [0.2, 0.25) is 0 Å². The van der Waals surface area contributed by atoms with Crippen molar-refractivity contribution < 1.29 is 22.7 Å². The minimum atomic E-state index is -4.25. The lowest BCUT2D eigenvalue weighted by Crippen LogP contribution is -2.53. The van der Waals surface area contributed by atoms with Gasteiger partial charge in [-0.1, -0.05) is 89.1 Å². The maximum Gasteiger partial charge on any atom is 0.264 e. The third kappa shape index (κ3) is 8.76. The van der Waals surface area contributed by atoms with Crippen LogP contribution in [0.25, 0.3) is 0 Å². The minimum Gasteiger partial charge on any atom is -0.495 e. The minimum absolute atomic E-state index is 0.0366. The van der Waals surface area contributed by atoms with Gasteiger partial charge in [0, 0.05) is 24.0 Å². The number of nitrogens with one attached hydrogen (secondary N) is 1. The second-order valence-electron chi connectivity index (χ2n) is 11.1. The Morgan fingerprint density at radius 3 is 2.20 bits per heavy atom. The Kier molecular flexibility index (Phi) is 12.0. The number of methoxy groups -OCH3 is 1. The van der Waals surface area contributed by atoms with Gasteiger partial charge >= 0.3 is 0 Å². The summed E-state index contributed by atoms with van der Waals surface area (Å²) in [6.45, 7) is 5.64. The van der Waals surface area contributed by atoms with Crippen molar-refractivity contribution in [1.29, 1.82) is 0 Å². The number of anilines is 1. The SMILES string of the molecule is CCCNC(=O)[C@@H](Cc1ccccc1)N(Cc1cccc(Br)c1)C(=O)CN(c1cc(C)ccc1OC)S(=O)(=O)c1ccc(C)cc1. The molecule has 8 nitrogen and oxygen atoms in total. The van der Waals surface area contributed by atoms with E-state index in [9.17, 15) is 18.0 Å². The molecule has 4 rings (SSSR count). The van der Waals surface area contributed by atoms with Gasteiger partial charge in [0.1, 0.15) is 18.3 Å². The maximum absolute atomic E-state index is 14.6. The Hall–Kier alpha value is -4.15. The average molecular weight is 707 g/mol. The number of hydrogen-bond acceptors (Lipinski definition) is 5. The summed E-state index contributed by atoms with van der Waals surface area (Å²) in [6.07, 6.45) is 0.966. The van der Waals surface area contributed by atoms with Gasteiger partial charge in [-0.15, -0.1) is 0 Å². The van der Waals surface area contributed by atoms with Gasteiger partial charge in [-0.3, -0.25) is 13.9 Å². The Labute approximate surface area is 280 Å². The molecule has 0 fully saturated rings. The molecule has 4 aromatic carbocycles. The topological polar surface area (TPSA) is 96.0 Å². The van der Waals surface area contributed by atoms with Crippen LogP contribution in [0.3, 0.4) is 0 Å². The predicted octanol–water partition coefficient (Wildman–Crippen LogP) is 6.44. The number of nitrogens with zero attached hydrogens (tertiary/aromatic N) is 2. The molecular weight excluding hydrogens is 666 g/mol. The fourth-order valence-corrected chi connectivity index (χ4v) is 6.96. The van der Waals surface area contributed by atoms with Crippen molar-refractivity contribution in [1.82, 2.24) is 10.2 Å². The van der Waals surface area contributed by atoms with Crippen LogP contribution < -0.4 is 14.4 Å². The van der Waals surface area contributed by atoms with Crippen LogP contribution in [0, 0.1) is 13.8 Å². The van der Waals surface area contributed by atoms with Gasteiger partial charge in [0.2, 0.25) is 11.8 Å². The van der Waals surface area contributed by atoms with Crippen molar-refractivity contribution in [2.75, 3.05) is 24.5 Å². The number of rotatable bonds is 14. The van der Waals surface area contributed by atoms with Crippen molar-refractivity contribution in [3.05, 3.63) is 124 Å². The number of ether oxygens (including phenoxy) is 1. The number of benzene rings is 4. The van der Waals surface area contributed by atoms with E-state index >= 15 is 0 Å². The highest BCUT2D eigenvalue weighted by molar-refractivity contribution is 9.10. The summed E-state index contributed by atoms with van der Waals surface area (Å²) in [5.74, 6) is -0.545. The molecule has 4 aromatic rings. The molecular formula is C36H40BrN3O5S. The quantitative estimate of drug-likeness (QED) is 0.163. The van der Waals surface area contributed by atoms with Crippen molar-refractivity contribution in [2.45, 2.75) is 51.1 Å². The molecule has 0 saturated carbocycles. The van der Waals surface area contributed by atoms with E-state index in [2.05, 4.69) is 21.2 Å². The van der Waals surface area contributed by atoms with E-state index in [1.807, 2.05) is 81.4 Å². The molecule has 0 bridgehead atoms. The van der Waals surface area contributed by atoms with E-state index in [1.54, 1.807) is 24.3 Å². The fraction of sp³-hybridized carbons (Fsp3) is 0.278. The monoisotopic (exact) mass is 705 g/mol. The van der Waals surface area contributed by atoms with Gasteiger partial charge < -0.3 is 15.0 Å². The molecule has 0 unspecified atom stereocenters. The molecule has 2 amide bonds. The predicted molar refractivity (Wildman–Crippen MR) is 185 cm³/mol. The van der Waals surface area contributed by atoms with Crippen molar-refractivity contribution >= 4 is 43.5 Å². The van der Waals surface area contributed by atoms with Crippen molar-refractivity contribution in [3.8, 4) is 5.75 Å². The van der Waals surface area contributed by atoms with E-state index in [0.29, 0.717) is 12.3 Å². The molecule has 10 heteroatoms.